The van der Waals surface area contributed by atoms with Crippen molar-refractivity contribution >= 4 is 18.0 Å². The fraction of sp³-hybridized carbons (Fsp3) is 0.179. The molecule has 1 N–H and O–H groups in total. The lowest BCUT2D eigenvalue weighted by Crippen LogP contribution is -2.23. The molecule has 3 aromatic rings. The van der Waals surface area contributed by atoms with Crippen molar-refractivity contribution < 1.29 is 28.5 Å². The van der Waals surface area contributed by atoms with Crippen LogP contribution in [0.5, 0.6) is 23.0 Å². The molecule has 36 heavy (non-hydrogen) atoms. The quantitative estimate of drug-likeness (QED) is 0.186. The van der Waals surface area contributed by atoms with Crippen LogP contribution in [0, 0.1) is 11.3 Å². The molecule has 0 aliphatic carbocycles. The van der Waals surface area contributed by atoms with Gasteiger partial charge in [0.15, 0.2) is 29.6 Å². The van der Waals surface area contributed by atoms with Crippen LogP contribution in [-0.2, 0) is 16.1 Å². The Kier molecular flexibility index (Phi) is 9.48. The number of carbonyl (C=O) groups excluding carboxylic acids is 2. The zero-order valence-corrected chi connectivity index (χ0v) is 20.0. The number of hydrogen-bond acceptors (Lipinski definition) is 7. The Morgan fingerprint density at radius 3 is 2.28 bits per heavy atom. The minimum Gasteiger partial charge on any atom is -0.493 e. The minimum atomic E-state index is -0.638. The van der Waals surface area contributed by atoms with Gasteiger partial charge in [-0.1, -0.05) is 48.5 Å². The Balaban J connectivity index is 1.64. The lowest BCUT2D eigenvalue weighted by atomic mass is 10.1. The van der Waals surface area contributed by atoms with Crippen molar-refractivity contribution in [3.05, 3.63) is 89.5 Å². The molecule has 3 aromatic carbocycles. The highest BCUT2D eigenvalue weighted by atomic mass is 16.6. The predicted octanol–water partition coefficient (Wildman–Crippen LogP) is 4.30. The van der Waals surface area contributed by atoms with Gasteiger partial charge in [-0.05, 0) is 48.4 Å². The van der Waals surface area contributed by atoms with E-state index in [1.807, 2.05) is 49.4 Å². The lowest BCUT2D eigenvalue weighted by molar-refractivity contribution is -0.136. The number of methoxy groups -OCH3 is 1. The van der Waals surface area contributed by atoms with Gasteiger partial charge < -0.3 is 24.3 Å². The van der Waals surface area contributed by atoms with Gasteiger partial charge in [0.05, 0.1) is 13.7 Å². The molecular formula is C28H26N2O6. The summed E-state index contributed by atoms with van der Waals surface area (Å²) in [5.41, 5.74) is 1.38. The number of amides is 1. The smallest absolute Gasteiger partial charge is 0.349 e. The van der Waals surface area contributed by atoms with E-state index in [4.69, 9.17) is 18.9 Å². The van der Waals surface area contributed by atoms with Crippen LogP contribution in [0.1, 0.15) is 18.1 Å². The van der Waals surface area contributed by atoms with Gasteiger partial charge in [-0.25, -0.2) is 4.79 Å². The van der Waals surface area contributed by atoms with Crippen LogP contribution in [0.15, 0.2) is 78.4 Å². The average molecular weight is 487 g/mol. The first-order valence-corrected chi connectivity index (χ1v) is 11.2. The monoisotopic (exact) mass is 486 g/mol. The van der Waals surface area contributed by atoms with Crippen molar-refractivity contribution in [2.75, 3.05) is 20.3 Å². The summed E-state index contributed by atoms with van der Waals surface area (Å²) in [6.07, 6.45) is 1.43. The normalized spacial score (nSPS) is 10.6. The van der Waals surface area contributed by atoms with E-state index in [9.17, 15) is 14.9 Å². The van der Waals surface area contributed by atoms with Crippen LogP contribution in [0.4, 0.5) is 0 Å². The molecule has 8 heteroatoms. The molecule has 184 valence electrons. The average Bonchev–Trinajstić information content (AvgIpc) is 2.91. The van der Waals surface area contributed by atoms with Gasteiger partial charge in [0.25, 0.3) is 5.91 Å². The summed E-state index contributed by atoms with van der Waals surface area (Å²) in [6.45, 7) is 2.28. The lowest BCUT2D eigenvalue weighted by Gasteiger charge is -2.12. The Morgan fingerprint density at radius 2 is 1.61 bits per heavy atom. The molecule has 0 saturated heterocycles. The molecule has 0 bridgehead atoms. The third kappa shape index (κ3) is 7.37. The molecule has 0 aliphatic rings. The summed E-state index contributed by atoms with van der Waals surface area (Å²) in [5, 5.41) is 12.2. The third-order valence-electron chi connectivity index (χ3n) is 4.88. The molecule has 0 heterocycles. The summed E-state index contributed by atoms with van der Waals surface area (Å²) >= 11 is 0. The third-order valence-corrected chi connectivity index (χ3v) is 4.88. The van der Waals surface area contributed by atoms with Crippen molar-refractivity contribution in [2.45, 2.75) is 13.5 Å². The van der Waals surface area contributed by atoms with E-state index in [1.165, 1.54) is 19.3 Å². The number of rotatable bonds is 11. The summed E-state index contributed by atoms with van der Waals surface area (Å²) in [7, 11) is 1.42. The van der Waals surface area contributed by atoms with Crippen molar-refractivity contribution in [3.63, 3.8) is 0 Å². The van der Waals surface area contributed by atoms with E-state index < -0.39 is 11.9 Å². The molecule has 0 aromatic heterocycles. The van der Waals surface area contributed by atoms with E-state index >= 15 is 0 Å². The molecule has 0 saturated carbocycles. The van der Waals surface area contributed by atoms with Crippen molar-refractivity contribution in [1.82, 2.24) is 5.32 Å². The molecule has 0 atom stereocenters. The first-order valence-electron chi connectivity index (χ1n) is 11.2. The SMILES string of the molecule is CCOc1ccccc1OCC(=O)Oc1ccc(/C=C(\C#N)C(=O)NCc2ccccc2)cc1OC. The highest BCUT2D eigenvalue weighted by Crippen LogP contribution is 2.30. The molecule has 0 radical (unpaired) electrons. The molecule has 0 unspecified atom stereocenters. The number of hydrogen-bond donors (Lipinski definition) is 1. The van der Waals surface area contributed by atoms with Gasteiger partial charge in [0, 0.05) is 6.54 Å². The second kappa shape index (κ2) is 13.2. The second-order valence-corrected chi connectivity index (χ2v) is 7.39. The van der Waals surface area contributed by atoms with E-state index in [0.717, 1.165) is 5.56 Å². The maximum absolute atomic E-state index is 12.4. The number of ether oxygens (including phenoxy) is 4. The molecule has 0 spiro atoms. The zero-order valence-electron chi connectivity index (χ0n) is 20.0. The van der Waals surface area contributed by atoms with Crippen LogP contribution in [0.3, 0.4) is 0 Å². The van der Waals surface area contributed by atoms with Crippen molar-refractivity contribution in [3.8, 4) is 29.1 Å². The number of benzene rings is 3. The Morgan fingerprint density at radius 1 is 0.917 bits per heavy atom. The highest BCUT2D eigenvalue weighted by Gasteiger charge is 2.14. The highest BCUT2D eigenvalue weighted by molar-refractivity contribution is 6.01. The number of nitriles is 1. The van der Waals surface area contributed by atoms with Gasteiger partial charge in [-0.2, -0.15) is 5.26 Å². The Bertz CT molecular complexity index is 1260. The van der Waals surface area contributed by atoms with E-state index in [1.54, 1.807) is 30.3 Å². The first-order chi connectivity index (χ1) is 17.5. The fourth-order valence-corrected chi connectivity index (χ4v) is 3.18. The predicted molar refractivity (Wildman–Crippen MR) is 134 cm³/mol. The second-order valence-electron chi connectivity index (χ2n) is 7.39. The van der Waals surface area contributed by atoms with Crippen LogP contribution < -0.4 is 24.3 Å². The summed E-state index contributed by atoms with van der Waals surface area (Å²) in [5.74, 6) is 0.254. The molecule has 1 amide bonds. The first kappa shape index (κ1) is 25.8. The molecule has 8 nitrogen and oxygen atoms in total. The Hall–Kier alpha value is -4.77. The van der Waals surface area contributed by atoms with Crippen LogP contribution in [0.2, 0.25) is 0 Å². The number of nitrogens with one attached hydrogen (secondary N) is 1. The number of para-hydroxylation sites is 2. The fourth-order valence-electron chi connectivity index (χ4n) is 3.18. The number of nitrogens with zero attached hydrogens (tertiary/aromatic N) is 1. The molecule has 0 fully saturated rings. The Labute approximate surface area is 209 Å². The van der Waals surface area contributed by atoms with E-state index in [-0.39, 0.29) is 23.7 Å². The topological polar surface area (TPSA) is 107 Å². The van der Waals surface area contributed by atoms with Crippen LogP contribution in [-0.4, -0.2) is 32.2 Å². The maximum atomic E-state index is 12.4. The minimum absolute atomic E-state index is 0.0703. The molecule has 0 aliphatic heterocycles. The zero-order chi connectivity index (χ0) is 25.8. The standard InChI is InChI=1S/C28H26N2O6/c1-3-34-23-11-7-8-12-24(23)35-19-27(31)36-25-14-13-21(16-26(25)33-2)15-22(17-29)28(32)30-18-20-9-5-4-6-10-20/h4-16H,3,18-19H2,1-2H3,(H,30,32)/b22-15+. The van der Waals surface area contributed by atoms with Gasteiger partial charge in [-0.3, -0.25) is 4.79 Å². The van der Waals surface area contributed by atoms with Gasteiger partial charge >= 0.3 is 5.97 Å². The molecule has 3 rings (SSSR count). The summed E-state index contributed by atoms with van der Waals surface area (Å²) in [6, 6.07) is 23.0. The maximum Gasteiger partial charge on any atom is 0.349 e. The van der Waals surface area contributed by atoms with Crippen molar-refractivity contribution in [1.29, 1.82) is 5.26 Å². The largest absolute Gasteiger partial charge is 0.493 e. The van der Waals surface area contributed by atoms with Crippen molar-refractivity contribution in [2.24, 2.45) is 0 Å². The number of esters is 1. The summed E-state index contributed by atoms with van der Waals surface area (Å²) in [4.78, 5) is 24.8. The van der Waals surface area contributed by atoms with Crippen LogP contribution >= 0.6 is 0 Å². The molecular weight excluding hydrogens is 460 g/mol. The summed E-state index contributed by atoms with van der Waals surface area (Å²) < 4.78 is 21.7. The van der Waals surface area contributed by atoms with Gasteiger partial charge in [0.1, 0.15) is 11.6 Å². The van der Waals surface area contributed by atoms with E-state index in [0.29, 0.717) is 30.2 Å². The number of carbonyl (C=O) groups is 2. The van der Waals surface area contributed by atoms with Crippen LogP contribution in [0.25, 0.3) is 6.08 Å². The van der Waals surface area contributed by atoms with E-state index in [2.05, 4.69) is 5.32 Å². The van der Waals surface area contributed by atoms with Gasteiger partial charge in [0.2, 0.25) is 0 Å². The van der Waals surface area contributed by atoms with Gasteiger partial charge in [-0.15, -0.1) is 0 Å².